The van der Waals surface area contributed by atoms with Gasteiger partial charge in [-0.25, -0.2) is 8.77 Å². The minimum atomic E-state index is -3.58. The van der Waals surface area contributed by atoms with E-state index in [0.29, 0.717) is 0 Å². The van der Waals surface area contributed by atoms with Gasteiger partial charge in [-0.05, 0) is 13.8 Å². The number of phosphoric ester groups is 1. The molecule has 0 amide bonds. The molecule has 0 aliphatic heterocycles. The molecule has 0 aromatic carbocycles. The zero-order chi connectivity index (χ0) is 9.61. The van der Waals surface area contributed by atoms with E-state index < -0.39 is 18.9 Å². The Kier molecular flexibility index (Phi) is 11.0. The minimum absolute atomic E-state index is 0. The van der Waals surface area contributed by atoms with Crippen LogP contribution in [-0.2, 0) is 28.7 Å². The van der Waals surface area contributed by atoms with Gasteiger partial charge in [0.1, 0.15) is 0 Å². The maximum atomic E-state index is 11.4. The molecule has 0 fully saturated rings. The molecular weight excluding hydrogens is 226 g/mol. The summed E-state index contributed by atoms with van der Waals surface area (Å²) in [5.41, 5.74) is 0. The number of hydrogen-bond donors (Lipinski definition) is 0. The van der Waals surface area contributed by atoms with Gasteiger partial charge in [0.15, 0.2) is 11.1 Å². The molecule has 0 aliphatic carbocycles. The van der Waals surface area contributed by atoms with Crippen LogP contribution in [0.5, 0.6) is 0 Å². The van der Waals surface area contributed by atoms with Crippen LogP contribution >= 0.6 is 7.82 Å². The van der Waals surface area contributed by atoms with Gasteiger partial charge in [-0.2, -0.15) is 3.97 Å². The van der Waals surface area contributed by atoms with E-state index in [1.54, 1.807) is 13.8 Å². The molecule has 1 unspecified atom stereocenters. The molecule has 13 heavy (non-hydrogen) atoms. The summed E-state index contributed by atoms with van der Waals surface area (Å²) >= 11 is -1.65. The summed E-state index contributed by atoms with van der Waals surface area (Å²) in [5.74, 6) is 0. The third-order valence-corrected chi connectivity index (χ3v) is 3.49. The summed E-state index contributed by atoms with van der Waals surface area (Å²) in [4.78, 5) is 0. The molecule has 0 heterocycles. The molecule has 5 nitrogen and oxygen atoms in total. The van der Waals surface area contributed by atoms with E-state index in [9.17, 15) is 8.77 Å². The first kappa shape index (κ1) is 16.7. The van der Waals surface area contributed by atoms with Crippen LogP contribution in [0.1, 0.15) is 13.8 Å². The van der Waals surface area contributed by atoms with Crippen molar-refractivity contribution in [1.29, 1.82) is 0 Å². The van der Waals surface area contributed by atoms with E-state index >= 15 is 0 Å². The molecule has 0 saturated heterocycles. The third kappa shape index (κ3) is 8.27. The van der Waals surface area contributed by atoms with Crippen molar-refractivity contribution in [2.24, 2.45) is 0 Å². The Labute approximate surface area is 103 Å². The molecule has 0 aliphatic rings. The Morgan fingerprint density at radius 1 is 1.23 bits per heavy atom. The van der Waals surface area contributed by atoms with Crippen LogP contribution in [0.25, 0.3) is 0 Å². The molecule has 0 aromatic rings. The SMILES string of the molecule is CCOP(=O)(OCC)OS(C)=O.[NaH]. The standard InChI is InChI=1S/C5H13O5PS.Na.H/c1-4-8-11(6,9-5-2)10-12(3)7;;/h4-5H2,1-3H3;;. The summed E-state index contributed by atoms with van der Waals surface area (Å²) in [5, 5.41) is 0. The van der Waals surface area contributed by atoms with Gasteiger partial charge in [-0.1, -0.05) is 0 Å². The van der Waals surface area contributed by atoms with Crippen molar-refractivity contribution < 1.29 is 21.8 Å². The Balaban J connectivity index is 0. The molecule has 8 heteroatoms. The molecule has 76 valence electrons. The Morgan fingerprint density at radius 2 is 1.62 bits per heavy atom. The molecular formula is C5H14NaO5PS. The summed E-state index contributed by atoms with van der Waals surface area (Å²) in [6.07, 6.45) is 1.25. The number of phosphoric acid groups is 1. The van der Waals surface area contributed by atoms with E-state index in [1.807, 2.05) is 0 Å². The Bertz CT molecular complexity index is 189. The average molecular weight is 240 g/mol. The summed E-state index contributed by atoms with van der Waals surface area (Å²) in [7, 11) is -3.58. The van der Waals surface area contributed by atoms with E-state index in [2.05, 4.69) is 3.97 Å². The fourth-order valence-electron chi connectivity index (χ4n) is 0.525. The van der Waals surface area contributed by atoms with Crippen molar-refractivity contribution in [3.8, 4) is 0 Å². The first-order valence-corrected chi connectivity index (χ1v) is 6.41. The van der Waals surface area contributed by atoms with Crippen LogP contribution in [0.15, 0.2) is 0 Å². The molecule has 0 saturated carbocycles. The van der Waals surface area contributed by atoms with Gasteiger partial charge in [0.2, 0.25) is 0 Å². The first-order chi connectivity index (χ1) is 5.54. The van der Waals surface area contributed by atoms with Crippen LogP contribution < -0.4 is 0 Å². The molecule has 0 rings (SSSR count). The van der Waals surface area contributed by atoms with E-state index in [1.165, 1.54) is 6.26 Å². The van der Waals surface area contributed by atoms with Crippen molar-refractivity contribution in [2.75, 3.05) is 19.5 Å². The Morgan fingerprint density at radius 3 is 1.85 bits per heavy atom. The summed E-state index contributed by atoms with van der Waals surface area (Å²) in [6, 6.07) is 0. The van der Waals surface area contributed by atoms with Crippen LogP contribution in [0, 0.1) is 0 Å². The van der Waals surface area contributed by atoms with E-state index in [-0.39, 0.29) is 42.8 Å². The van der Waals surface area contributed by atoms with Crippen molar-refractivity contribution in [3.63, 3.8) is 0 Å². The zero-order valence-corrected chi connectivity index (χ0v) is 9.02. The number of hydrogen-bond acceptors (Lipinski definition) is 5. The fraction of sp³-hybridized carbons (Fsp3) is 1.00. The van der Waals surface area contributed by atoms with Gasteiger partial charge in [-0.3, -0.25) is 9.05 Å². The van der Waals surface area contributed by atoms with Crippen molar-refractivity contribution in [1.82, 2.24) is 0 Å². The van der Waals surface area contributed by atoms with E-state index in [0.717, 1.165) is 0 Å². The third-order valence-electron chi connectivity index (χ3n) is 0.771. The van der Waals surface area contributed by atoms with Crippen LogP contribution in [0.4, 0.5) is 0 Å². The summed E-state index contributed by atoms with van der Waals surface area (Å²) < 4.78 is 35.8. The molecule has 0 aromatic heterocycles. The quantitative estimate of drug-likeness (QED) is 0.508. The van der Waals surface area contributed by atoms with Gasteiger partial charge in [0.25, 0.3) is 0 Å². The average Bonchev–Trinajstić information content (AvgIpc) is 1.85. The predicted molar refractivity (Wildman–Crippen MR) is 53.2 cm³/mol. The molecule has 0 bridgehead atoms. The van der Waals surface area contributed by atoms with Crippen molar-refractivity contribution in [3.05, 3.63) is 0 Å². The van der Waals surface area contributed by atoms with Gasteiger partial charge in [0, 0.05) is 6.26 Å². The second-order valence-corrected chi connectivity index (χ2v) is 4.57. The van der Waals surface area contributed by atoms with E-state index in [4.69, 9.17) is 9.05 Å². The first-order valence-electron chi connectivity index (χ1n) is 3.46. The van der Waals surface area contributed by atoms with Gasteiger partial charge >= 0.3 is 37.4 Å². The predicted octanol–water partition coefficient (Wildman–Crippen LogP) is 0.829. The zero-order valence-electron chi connectivity index (χ0n) is 7.31. The molecule has 0 radical (unpaired) electrons. The summed E-state index contributed by atoms with van der Waals surface area (Å²) in [6.45, 7) is 3.67. The molecule has 0 spiro atoms. The van der Waals surface area contributed by atoms with Crippen LogP contribution in [0.2, 0.25) is 0 Å². The molecule has 0 N–H and O–H groups in total. The second kappa shape index (κ2) is 8.56. The topological polar surface area (TPSA) is 61.8 Å². The van der Waals surface area contributed by atoms with Gasteiger partial charge < -0.3 is 0 Å². The fourth-order valence-corrected chi connectivity index (χ4v) is 2.60. The normalized spacial score (nSPS) is 13.5. The van der Waals surface area contributed by atoms with Crippen LogP contribution in [0.3, 0.4) is 0 Å². The second-order valence-electron chi connectivity index (χ2n) is 1.76. The monoisotopic (exact) mass is 240 g/mol. The number of rotatable bonds is 6. The van der Waals surface area contributed by atoms with Gasteiger partial charge in [-0.15, -0.1) is 0 Å². The molecule has 1 atom stereocenters. The van der Waals surface area contributed by atoms with Gasteiger partial charge in [0.05, 0.1) is 13.2 Å². The van der Waals surface area contributed by atoms with Crippen molar-refractivity contribution >= 4 is 48.5 Å². The van der Waals surface area contributed by atoms with Crippen molar-refractivity contribution in [2.45, 2.75) is 13.8 Å². The maximum absolute atomic E-state index is 11.4. The Hall–Kier alpha value is 1.26. The van der Waals surface area contributed by atoms with Crippen LogP contribution in [-0.4, -0.2) is 53.2 Å².